The number of nitrogens with one attached hydrogen (secondary N) is 1. The van der Waals surface area contributed by atoms with E-state index in [0.717, 1.165) is 19.5 Å². The van der Waals surface area contributed by atoms with E-state index in [1.807, 2.05) is 12.3 Å². The standard InChI is InChI=1S/C11H18N2O/c1-9(11-3-2-5-12-11)13-6-4-10(7-13)8-14/h2-3,5,9-10,12,14H,4,6-8H2,1H3. The summed E-state index contributed by atoms with van der Waals surface area (Å²) in [6.45, 7) is 4.67. The molecule has 0 spiro atoms. The second-order valence-corrected chi connectivity index (χ2v) is 4.13. The van der Waals surface area contributed by atoms with Crippen LogP contribution >= 0.6 is 0 Å². The Bertz CT molecular complexity index is 271. The van der Waals surface area contributed by atoms with E-state index >= 15 is 0 Å². The molecule has 3 nitrogen and oxygen atoms in total. The van der Waals surface area contributed by atoms with Gasteiger partial charge in [-0.15, -0.1) is 0 Å². The predicted molar refractivity (Wildman–Crippen MR) is 56.0 cm³/mol. The summed E-state index contributed by atoms with van der Waals surface area (Å²) in [6, 6.07) is 4.60. The van der Waals surface area contributed by atoms with Gasteiger partial charge in [-0.05, 0) is 37.9 Å². The lowest BCUT2D eigenvalue weighted by molar-refractivity contribution is 0.203. The summed E-state index contributed by atoms with van der Waals surface area (Å²) in [6.07, 6.45) is 3.09. The minimum Gasteiger partial charge on any atom is -0.396 e. The SMILES string of the molecule is CC(c1ccc[nH]1)N1CCC(CO)C1. The number of aromatic amines is 1. The van der Waals surface area contributed by atoms with Crippen LogP contribution in [0.1, 0.15) is 25.1 Å². The van der Waals surface area contributed by atoms with Crippen molar-refractivity contribution in [2.45, 2.75) is 19.4 Å². The van der Waals surface area contributed by atoms with Gasteiger partial charge in [0.1, 0.15) is 0 Å². The first-order valence-electron chi connectivity index (χ1n) is 5.29. The smallest absolute Gasteiger partial charge is 0.0471 e. The fourth-order valence-corrected chi connectivity index (χ4v) is 2.16. The molecular weight excluding hydrogens is 176 g/mol. The maximum Gasteiger partial charge on any atom is 0.0471 e. The summed E-state index contributed by atoms with van der Waals surface area (Å²) in [7, 11) is 0. The van der Waals surface area contributed by atoms with E-state index in [1.165, 1.54) is 5.69 Å². The molecule has 0 amide bonds. The van der Waals surface area contributed by atoms with Gasteiger partial charge in [0.05, 0.1) is 0 Å². The minimum absolute atomic E-state index is 0.327. The summed E-state index contributed by atoms with van der Waals surface area (Å²) in [4.78, 5) is 5.67. The fourth-order valence-electron chi connectivity index (χ4n) is 2.16. The van der Waals surface area contributed by atoms with Crippen LogP contribution in [0.4, 0.5) is 0 Å². The zero-order chi connectivity index (χ0) is 9.97. The van der Waals surface area contributed by atoms with Crippen molar-refractivity contribution in [2.75, 3.05) is 19.7 Å². The Morgan fingerprint density at radius 1 is 1.71 bits per heavy atom. The van der Waals surface area contributed by atoms with Crippen LogP contribution in [0.25, 0.3) is 0 Å². The molecule has 1 aliphatic rings. The molecule has 0 saturated carbocycles. The van der Waals surface area contributed by atoms with Crippen LogP contribution in [0, 0.1) is 5.92 Å². The van der Waals surface area contributed by atoms with Crippen molar-refractivity contribution in [3.63, 3.8) is 0 Å². The molecule has 1 aromatic heterocycles. The highest BCUT2D eigenvalue weighted by Gasteiger charge is 2.26. The number of rotatable bonds is 3. The Morgan fingerprint density at radius 2 is 2.57 bits per heavy atom. The number of hydrogen-bond donors (Lipinski definition) is 2. The van der Waals surface area contributed by atoms with Gasteiger partial charge in [-0.2, -0.15) is 0 Å². The number of H-pyrrole nitrogens is 1. The largest absolute Gasteiger partial charge is 0.396 e. The first-order valence-corrected chi connectivity index (χ1v) is 5.29. The summed E-state index contributed by atoms with van der Waals surface area (Å²) in [5.74, 6) is 0.479. The van der Waals surface area contributed by atoms with E-state index in [-0.39, 0.29) is 0 Å². The van der Waals surface area contributed by atoms with Crippen LogP contribution < -0.4 is 0 Å². The topological polar surface area (TPSA) is 39.3 Å². The van der Waals surface area contributed by atoms with Crippen molar-refractivity contribution in [3.8, 4) is 0 Å². The molecule has 2 rings (SSSR count). The molecule has 1 aromatic rings. The Morgan fingerprint density at radius 3 is 3.14 bits per heavy atom. The van der Waals surface area contributed by atoms with Gasteiger partial charge >= 0.3 is 0 Å². The van der Waals surface area contributed by atoms with Crippen molar-refractivity contribution in [1.82, 2.24) is 9.88 Å². The maximum absolute atomic E-state index is 9.06. The Labute approximate surface area is 84.7 Å². The van der Waals surface area contributed by atoms with Gasteiger partial charge in [-0.1, -0.05) is 0 Å². The van der Waals surface area contributed by atoms with E-state index in [1.54, 1.807) is 0 Å². The van der Waals surface area contributed by atoms with Crippen molar-refractivity contribution in [3.05, 3.63) is 24.0 Å². The lowest BCUT2D eigenvalue weighted by Gasteiger charge is -2.23. The molecular formula is C11H18N2O. The average Bonchev–Trinajstić information content (AvgIpc) is 2.88. The van der Waals surface area contributed by atoms with Gasteiger partial charge in [-0.3, -0.25) is 4.90 Å². The third-order valence-electron chi connectivity index (χ3n) is 3.20. The molecule has 1 aliphatic heterocycles. The van der Waals surface area contributed by atoms with Crippen LogP contribution in [0.15, 0.2) is 18.3 Å². The number of likely N-dealkylation sites (tertiary alicyclic amines) is 1. The summed E-state index contributed by atoms with van der Waals surface area (Å²) < 4.78 is 0. The third kappa shape index (κ3) is 1.83. The first kappa shape index (κ1) is 9.74. The van der Waals surface area contributed by atoms with Crippen molar-refractivity contribution in [2.24, 2.45) is 5.92 Å². The maximum atomic E-state index is 9.06. The lowest BCUT2D eigenvalue weighted by atomic mass is 10.1. The van der Waals surface area contributed by atoms with Crippen LogP contribution in [0.3, 0.4) is 0 Å². The molecule has 1 saturated heterocycles. The van der Waals surface area contributed by atoms with E-state index in [9.17, 15) is 0 Å². The van der Waals surface area contributed by atoms with Crippen molar-refractivity contribution in [1.29, 1.82) is 0 Å². The minimum atomic E-state index is 0.327. The van der Waals surface area contributed by atoms with E-state index < -0.39 is 0 Å². The second-order valence-electron chi connectivity index (χ2n) is 4.13. The molecule has 0 bridgehead atoms. The van der Waals surface area contributed by atoms with Crippen LogP contribution in [-0.2, 0) is 0 Å². The average molecular weight is 194 g/mol. The molecule has 3 heteroatoms. The molecule has 14 heavy (non-hydrogen) atoms. The van der Waals surface area contributed by atoms with Crippen LogP contribution in [0.2, 0.25) is 0 Å². The molecule has 0 radical (unpaired) electrons. The van der Waals surface area contributed by atoms with Gasteiger partial charge in [-0.25, -0.2) is 0 Å². The highest BCUT2D eigenvalue weighted by molar-refractivity contribution is 5.08. The first-order chi connectivity index (χ1) is 6.81. The quantitative estimate of drug-likeness (QED) is 0.763. The molecule has 0 aliphatic carbocycles. The second kappa shape index (κ2) is 4.15. The number of nitrogens with zero attached hydrogens (tertiary/aromatic N) is 1. The zero-order valence-corrected chi connectivity index (χ0v) is 8.61. The van der Waals surface area contributed by atoms with Crippen LogP contribution in [0.5, 0.6) is 0 Å². The Kier molecular flexibility index (Phi) is 2.89. The zero-order valence-electron chi connectivity index (χ0n) is 8.61. The molecule has 2 atom stereocenters. The van der Waals surface area contributed by atoms with E-state index in [0.29, 0.717) is 18.6 Å². The van der Waals surface area contributed by atoms with Crippen molar-refractivity contribution >= 4 is 0 Å². The van der Waals surface area contributed by atoms with Crippen molar-refractivity contribution < 1.29 is 5.11 Å². The number of aromatic nitrogens is 1. The van der Waals surface area contributed by atoms with Gasteiger partial charge in [0.15, 0.2) is 0 Å². The fraction of sp³-hybridized carbons (Fsp3) is 0.636. The number of hydrogen-bond acceptors (Lipinski definition) is 2. The lowest BCUT2D eigenvalue weighted by Crippen LogP contribution is -2.25. The van der Waals surface area contributed by atoms with Crippen LogP contribution in [-0.4, -0.2) is 34.7 Å². The molecule has 1 fully saturated rings. The number of aliphatic hydroxyl groups excluding tert-OH is 1. The number of aliphatic hydroxyl groups is 1. The predicted octanol–water partition coefficient (Wildman–Crippen LogP) is 1.39. The molecule has 78 valence electrons. The summed E-state index contributed by atoms with van der Waals surface area (Å²) >= 11 is 0. The molecule has 2 unspecified atom stereocenters. The Balaban J connectivity index is 1.97. The third-order valence-corrected chi connectivity index (χ3v) is 3.20. The van der Waals surface area contributed by atoms with Gasteiger partial charge < -0.3 is 10.1 Å². The Hall–Kier alpha value is -0.800. The summed E-state index contributed by atoms with van der Waals surface area (Å²) in [5.41, 5.74) is 1.27. The van der Waals surface area contributed by atoms with Gasteiger partial charge in [0.2, 0.25) is 0 Å². The van der Waals surface area contributed by atoms with Gasteiger partial charge in [0.25, 0.3) is 0 Å². The highest BCUT2D eigenvalue weighted by atomic mass is 16.3. The highest BCUT2D eigenvalue weighted by Crippen LogP contribution is 2.25. The normalized spacial score (nSPS) is 25.4. The molecule has 0 aromatic carbocycles. The molecule has 2 heterocycles. The van der Waals surface area contributed by atoms with E-state index in [2.05, 4.69) is 22.9 Å². The van der Waals surface area contributed by atoms with E-state index in [4.69, 9.17) is 5.11 Å². The van der Waals surface area contributed by atoms with Gasteiger partial charge in [0, 0.05) is 31.1 Å². The summed E-state index contributed by atoms with van der Waals surface area (Å²) in [5, 5.41) is 9.06. The monoisotopic (exact) mass is 194 g/mol. The molecule has 2 N–H and O–H groups in total.